The molecule has 0 aliphatic carbocycles. The first-order valence-corrected chi connectivity index (χ1v) is 4.20. The number of aromatic nitrogens is 2. The average Bonchev–Trinajstić information content (AvgIpc) is 2.42. The number of aryl methyl sites for hydroxylation is 1. The molecule has 1 heterocycles. The first-order chi connectivity index (χ1) is 6.22. The number of nitrogens with two attached hydrogens (primary N) is 1. The number of hydrogen-bond acceptors (Lipinski definition) is 2. The van der Waals surface area contributed by atoms with Crippen LogP contribution in [0.2, 0.25) is 0 Å². The van der Waals surface area contributed by atoms with Gasteiger partial charge in [0, 0.05) is 12.2 Å². The summed E-state index contributed by atoms with van der Waals surface area (Å²) in [6, 6.07) is 5.25. The van der Waals surface area contributed by atoms with Crippen molar-refractivity contribution in [2.24, 2.45) is 0 Å². The Morgan fingerprint density at radius 2 is 2.31 bits per heavy atom. The van der Waals surface area contributed by atoms with Gasteiger partial charge in [-0.3, -0.25) is 14.6 Å². The Morgan fingerprint density at radius 1 is 1.54 bits per heavy atom. The number of nitrogen functional groups attached to an aromatic ring is 1. The third-order valence-corrected chi connectivity index (χ3v) is 2.09. The normalized spacial score (nSPS) is 10.8. The SMILES string of the molecule is CCn1[nH]c2cc(N)ccc2c1=O. The zero-order valence-electron chi connectivity index (χ0n) is 7.37. The van der Waals surface area contributed by atoms with E-state index >= 15 is 0 Å². The topological polar surface area (TPSA) is 63.8 Å². The molecular weight excluding hydrogens is 166 g/mol. The van der Waals surface area contributed by atoms with Gasteiger partial charge in [-0.2, -0.15) is 0 Å². The van der Waals surface area contributed by atoms with Crippen molar-refractivity contribution in [3.8, 4) is 0 Å². The van der Waals surface area contributed by atoms with Crippen molar-refractivity contribution in [1.29, 1.82) is 0 Å². The summed E-state index contributed by atoms with van der Waals surface area (Å²) in [7, 11) is 0. The molecule has 0 spiro atoms. The molecule has 68 valence electrons. The highest BCUT2D eigenvalue weighted by Gasteiger charge is 2.03. The van der Waals surface area contributed by atoms with Gasteiger partial charge in [-0.15, -0.1) is 0 Å². The van der Waals surface area contributed by atoms with E-state index in [0.29, 0.717) is 17.6 Å². The van der Waals surface area contributed by atoms with Gasteiger partial charge in [0.15, 0.2) is 0 Å². The molecule has 0 aliphatic rings. The maximum absolute atomic E-state index is 11.6. The highest BCUT2D eigenvalue weighted by Crippen LogP contribution is 2.11. The van der Waals surface area contributed by atoms with Crippen molar-refractivity contribution >= 4 is 16.6 Å². The second-order valence-corrected chi connectivity index (χ2v) is 2.97. The van der Waals surface area contributed by atoms with Crippen molar-refractivity contribution in [2.45, 2.75) is 13.5 Å². The standard InChI is InChI=1S/C9H11N3O/c1-2-12-9(13)7-4-3-6(10)5-8(7)11-12/h3-5,11H,2,10H2,1H3. The number of nitrogens with one attached hydrogen (secondary N) is 1. The smallest absolute Gasteiger partial charge is 0.274 e. The molecule has 0 bridgehead atoms. The molecule has 4 heteroatoms. The Labute approximate surface area is 75.0 Å². The lowest BCUT2D eigenvalue weighted by Gasteiger charge is -1.91. The van der Waals surface area contributed by atoms with Crippen LogP contribution in [0.4, 0.5) is 5.69 Å². The van der Waals surface area contributed by atoms with Crippen LogP contribution in [0, 0.1) is 0 Å². The summed E-state index contributed by atoms with van der Waals surface area (Å²) in [4.78, 5) is 11.6. The van der Waals surface area contributed by atoms with Crippen LogP contribution in [-0.4, -0.2) is 9.78 Å². The molecule has 0 fully saturated rings. The lowest BCUT2D eigenvalue weighted by atomic mass is 10.2. The van der Waals surface area contributed by atoms with Gasteiger partial charge < -0.3 is 5.73 Å². The number of anilines is 1. The molecule has 0 atom stereocenters. The quantitative estimate of drug-likeness (QED) is 0.636. The van der Waals surface area contributed by atoms with Crippen LogP contribution in [0.25, 0.3) is 10.9 Å². The third kappa shape index (κ3) is 1.11. The van der Waals surface area contributed by atoms with E-state index in [4.69, 9.17) is 5.73 Å². The largest absolute Gasteiger partial charge is 0.399 e. The van der Waals surface area contributed by atoms with E-state index in [0.717, 1.165) is 5.52 Å². The summed E-state index contributed by atoms with van der Waals surface area (Å²) >= 11 is 0. The molecule has 1 aromatic heterocycles. The first-order valence-electron chi connectivity index (χ1n) is 4.20. The maximum Gasteiger partial charge on any atom is 0.274 e. The zero-order valence-corrected chi connectivity index (χ0v) is 7.37. The van der Waals surface area contributed by atoms with Gasteiger partial charge >= 0.3 is 0 Å². The van der Waals surface area contributed by atoms with Gasteiger partial charge in [-0.1, -0.05) is 0 Å². The van der Waals surface area contributed by atoms with Crippen LogP contribution in [0.1, 0.15) is 6.92 Å². The number of aromatic amines is 1. The average molecular weight is 177 g/mol. The minimum atomic E-state index is 0.0116. The molecule has 0 radical (unpaired) electrons. The third-order valence-electron chi connectivity index (χ3n) is 2.09. The summed E-state index contributed by atoms with van der Waals surface area (Å²) in [5.41, 5.74) is 7.07. The Balaban J connectivity index is 2.84. The number of rotatable bonds is 1. The van der Waals surface area contributed by atoms with Gasteiger partial charge in [0.25, 0.3) is 5.56 Å². The second kappa shape index (κ2) is 2.65. The lowest BCUT2D eigenvalue weighted by Crippen LogP contribution is -2.14. The number of H-pyrrole nitrogens is 1. The molecule has 0 unspecified atom stereocenters. The molecule has 0 amide bonds. The van der Waals surface area contributed by atoms with Gasteiger partial charge in [0.05, 0.1) is 10.9 Å². The molecule has 0 saturated heterocycles. The van der Waals surface area contributed by atoms with Crippen molar-refractivity contribution < 1.29 is 0 Å². The fraction of sp³-hybridized carbons (Fsp3) is 0.222. The minimum absolute atomic E-state index is 0.0116. The molecule has 3 N–H and O–H groups in total. The molecule has 13 heavy (non-hydrogen) atoms. The Kier molecular flexibility index (Phi) is 1.62. The summed E-state index contributed by atoms with van der Waals surface area (Å²) < 4.78 is 1.56. The highest BCUT2D eigenvalue weighted by molar-refractivity contribution is 5.81. The molecule has 4 nitrogen and oxygen atoms in total. The Hall–Kier alpha value is -1.71. The number of nitrogens with zero attached hydrogens (tertiary/aromatic N) is 1. The van der Waals surface area contributed by atoms with Gasteiger partial charge in [0.2, 0.25) is 0 Å². The van der Waals surface area contributed by atoms with Crippen molar-refractivity contribution in [3.63, 3.8) is 0 Å². The van der Waals surface area contributed by atoms with E-state index in [1.807, 2.05) is 6.92 Å². The highest BCUT2D eigenvalue weighted by atomic mass is 16.1. The monoisotopic (exact) mass is 177 g/mol. The first kappa shape index (κ1) is 7.91. The Bertz CT molecular complexity index is 495. The molecule has 0 saturated carbocycles. The fourth-order valence-corrected chi connectivity index (χ4v) is 1.41. The number of benzene rings is 1. The molecule has 1 aromatic carbocycles. The lowest BCUT2D eigenvalue weighted by molar-refractivity contribution is 0.646. The van der Waals surface area contributed by atoms with E-state index in [1.165, 1.54) is 0 Å². The van der Waals surface area contributed by atoms with Crippen LogP contribution < -0.4 is 11.3 Å². The van der Waals surface area contributed by atoms with E-state index in [9.17, 15) is 4.79 Å². The predicted octanol–water partition coefficient (Wildman–Crippen LogP) is 0.932. The summed E-state index contributed by atoms with van der Waals surface area (Å²) in [6.45, 7) is 2.56. The number of fused-ring (bicyclic) bond motifs is 1. The maximum atomic E-state index is 11.6. The van der Waals surface area contributed by atoms with E-state index in [1.54, 1.807) is 22.9 Å². The van der Waals surface area contributed by atoms with Crippen LogP contribution >= 0.6 is 0 Å². The summed E-state index contributed by atoms with van der Waals surface area (Å²) in [6.07, 6.45) is 0. The van der Waals surface area contributed by atoms with Gasteiger partial charge in [0.1, 0.15) is 0 Å². The molecule has 2 rings (SSSR count). The van der Waals surface area contributed by atoms with Crippen LogP contribution in [0.15, 0.2) is 23.0 Å². The molecular formula is C9H11N3O. The van der Waals surface area contributed by atoms with Crippen molar-refractivity contribution in [2.75, 3.05) is 5.73 Å². The molecule has 0 aliphatic heterocycles. The predicted molar refractivity (Wildman–Crippen MR) is 52.6 cm³/mol. The van der Waals surface area contributed by atoms with Gasteiger partial charge in [-0.05, 0) is 25.1 Å². The second-order valence-electron chi connectivity index (χ2n) is 2.97. The summed E-state index contributed by atoms with van der Waals surface area (Å²) in [5, 5.41) is 3.67. The van der Waals surface area contributed by atoms with E-state index < -0.39 is 0 Å². The fourth-order valence-electron chi connectivity index (χ4n) is 1.41. The van der Waals surface area contributed by atoms with Crippen molar-refractivity contribution in [1.82, 2.24) is 9.78 Å². The number of hydrogen-bond donors (Lipinski definition) is 2. The van der Waals surface area contributed by atoms with Gasteiger partial charge in [-0.25, -0.2) is 0 Å². The van der Waals surface area contributed by atoms with E-state index in [-0.39, 0.29) is 5.56 Å². The van der Waals surface area contributed by atoms with Crippen LogP contribution in [0.5, 0.6) is 0 Å². The Morgan fingerprint density at radius 3 is 3.00 bits per heavy atom. The van der Waals surface area contributed by atoms with Crippen LogP contribution in [-0.2, 0) is 6.54 Å². The van der Waals surface area contributed by atoms with E-state index in [2.05, 4.69) is 5.10 Å². The molecule has 2 aromatic rings. The minimum Gasteiger partial charge on any atom is -0.399 e. The van der Waals surface area contributed by atoms with Crippen molar-refractivity contribution in [3.05, 3.63) is 28.6 Å². The summed E-state index contributed by atoms with van der Waals surface area (Å²) in [5.74, 6) is 0. The van der Waals surface area contributed by atoms with Crippen LogP contribution in [0.3, 0.4) is 0 Å². The zero-order chi connectivity index (χ0) is 9.42.